The largest absolute Gasteiger partial charge is 0.497 e. The second-order valence-electron chi connectivity index (χ2n) is 5.97. The van der Waals surface area contributed by atoms with Gasteiger partial charge in [-0.1, -0.05) is 27.3 Å². The van der Waals surface area contributed by atoms with Crippen molar-refractivity contribution in [1.82, 2.24) is 10.3 Å². The van der Waals surface area contributed by atoms with Crippen molar-refractivity contribution in [2.24, 2.45) is 0 Å². The Hall–Kier alpha value is -2.58. The molecule has 0 spiro atoms. The molecule has 0 atom stereocenters. The van der Waals surface area contributed by atoms with E-state index in [1.165, 1.54) is 11.3 Å². The minimum atomic E-state index is -0.166. The Balaban J connectivity index is 1.68. The molecule has 8 heteroatoms. The number of hydrogen-bond donors (Lipinski definition) is 2. The van der Waals surface area contributed by atoms with E-state index in [4.69, 9.17) is 9.47 Å². The van der Waals surface area contributed by atoms with Gasteiger partial charge in [0.05, 0.1) is 19.9 Å². The summed E-state index contributed by atoms with van der Waals surface area (Å²) in [5.41, 5.74) is 2.48. The van der Waals surface area contributed by atoms with Crippen molar-refractivity contribution in [2.75, 3.05) is 19.5 Å². The number of carbonyl (C=O) groups excluding carboxylic acids is 1. The first-order valence-corrected chi connectivity index (χ1v) is 10.1. The maximum Gasteiger partial charge on any atom is 0.263 e. The molecule has 0 aliphatic rings. The number of carbonyl (C=O) groups is 1. The quantitative estimate of drug-likeness (QED) is 0.523. The Morgan fingerprint density at radius 3 is 2.36 bits per heavy atom. The Labute approximate surface area is 176 Å². The normalized spacial score (nSPS) is 10.4. The van der Waals surface area contributed by atoms with E-state index in [-0.39, 0.29) is 5.91 Å². The fraction of sp³-hybridized carbons (Fsp3) is 0.200. The Morgan fingerprint density at radius 1 is 1.11 bits per heavy atom. The van der Waals surface area contributed by atoms with Crippen molar-refractivity contribution >= 4 is 44.0 Å². The number of hydrogen-bond acceptors (Lipinski definition) is 6. The van der Waals surface area contributed by atoms with E-state index in [2.05, 4.69) is 31.5 Å². The topological polar surface area (TPSA) is 72.5 Å². The van der Waals surface area contributed by atoms with Gasteiger partial charge in [0, 0.05) is 22.8 Å². The summed E-state index contributed by atoms with van der Waals surface area (Å²) in [6.07, 6.45) is 0. The molecule has 0 fully saturated rings. The first-order valence-electron chi connectivity index (χ1n) is 8.48. The van der Waals surface area contributed by atoms with E-state index in [0.717, 1.165) is 15.7 Å². The molecule has 0 saturated heterocycles. The summed E-state index contributed by atoms with van der Waals surface area (Å²) in [6, 6.07) is 13.3. The standard InChI is InChI=1S/C20H20BrN3O3S/c1-12-18(28-20(23-12)24-15-6-4-14(21)5-7-15)19(25)22-11-13-8-16(26-2)10-17(9-13)27-3/h4-10H,11H2,1-3H3,(H,22,25)(H,23,24). The van der Waals surface area contributed by atoms with Gasteiger partial charge in [-0.2, -0.15) is 0 Å². The maximum absolute atomic E-state index is 12.6. The fourth-order valence-electron chi connectivity index (χ4n) is 2.55. The fourth-order valence-corrected chi connectivity index (χ4v) is 3.72. The van der Waals surface area contributed by atoms with Crippen molar-refractivity contribution in [3.05, 3.63) is 63.1 Å². The molecule has 0 unspecified atom stereocenters. The Morgan fingerprint density at radius 2 is 1.75 bits per heavy atom. The van der Waals surface area contributed by atoms with Gasteiger partial charge in [-0.15, -0.1) is 0 Å². The van der Waals surface area contributed by atoms with Gasteiger partial charge in [0.25, 0.3) is 5.91 Å². The van der Waals surface area contributed by atoms with E-state index in [0.29, 0.717) is 33.7 Å². The number of aromatic nitrogens is 1. The maximum atomic E-state index is 12.6. The molecule has 0 bridgehead atoms. The highest BCUT2D eigenvalue weighted by molar-refractivity contribution is 9.10. The van der Waals surface area contributed by atoms with Crippen LogP contribution in [0, 0.1) is 6.92 Å². The van der Waals surface area contributed by atoms with Crippen LogP contribution in [0.4, 0.5) is 10.8 Å². The van der Waals surface area contributed by atoms with Crippen molar-refractivity contribution in [3.8, 4) is 11.5 Å². The molecule has 3 rings (SSSR count). The molecule has 3 aromatic rings. The lowest BCUT2D eigenvalue weighted by molar-refractivity contribution is 0.0954. The first-order chi connectivity index (χ1) is 13.5. The average molecular weight is 462 g/mol. The zero-order valence-electron chi connectivity index (χ0n) is 15.7. The third-order valence-corrected chi connectivity index (χ3v) is 5.56. The Bertz CT molecular complexity index is 951. The highest BCUT2D eigenvalue weighted by Gasteiger charge is 2.15. The number of benzene rings is 2. The zero-order valence-corrected chi connectivity index (χ0v) is 18.1. The van der Waals surface area contributed by atoms with Crippen LogP contribution in [0.2, 0.25) is 0 Å². The van der Waals surface area contributed by atoms with E-state index in [9.17, 15) is 4.79 Å². The van der Waals surface area contributed by atoms with Crippen LogP contribution in [-0.2, 0) is 6.54 Å². The summed E-state index contributed by atoms with van der Waals surface area (Å²) in [6.45, 7) is 2.19. The van der Waals surface area contributed by atoms with Gasteiger partial charge < -0.3 is 20.1 Å². The van der Waals surface area contributed by atoms with Crippen molar-refractivity contribution < 1.29 is 14.3 Å². The first kappa shape index (κ1) is 20.2. The molecule has 0 aliphatic carbocycles. The molecule has 2 N–H and O–H groups in total. The van der Waals surface area contributed by atoms with Crippen LogP contribution in [0.3, 0.4) is 0 Å². The summed E-state index contributed by atoms with van der Waals surface area (Å²) >= 11 is 4.73. The van der Waals surface area contributed by atoms with Gasteiger partial charge in [-0.25, -0.2) is 4.98 Å². The minimum absolute atomic E-state index is 0.166. The van der Waals surface area contributed by atoms with Crippen LogP contribution in [-0.4, -0.2) is 25.1 Å². The predicted molar refractivity (Wildman–Crippen MR) is 115 cm³/mol. The molecule has 1 amide bonds. The number of amides is 1. The van der Waals surface area contributed by atoms with Crippen LogP contribution in [0.15, 0.2) is 46.9 Å². The monoisotopic (exact) mass is 461 g/mol. The van der Waals surface area contributed by atoms with E-state index >= 15 is 0 Å². The molecule has 0 saturated carbocycles. The molecule has 1 heterocycles. The number of nitrogens with zero attached hydrogens (tertiary/aromatic N) is 1. The molecular weight excluding hydrogens is 442 g/mol. The second-order valence-corrected chi connectivity index (χ2v) is 7.88. The number of rotatable bonds is 7. The zero-order chi connectivity index (χ0) is 20.1. The molecule has 28 heavy (non-hydrogen) atoms. The SMILES string of the molecule is COc1cc(CNC(=O)c2sc(Nc3ccc(Br)cc3)nc2C)cc(OC)c1. The van der Waals surface area contributed by atoms with Gasteiger partial charge in [-0.3, -0.25) is 4.79 Å². The van der Waals surface area contributed by atoms with Crippen LogP contribution < -0.4 is 20.1 Å². The summed E-state index contributed by atoms with van der Waals surface area (Å²) in [5, 5.41) is 6.83. The molecule has 146 valence electrons. The van der Waals surface area contributed by atoms with Gasteiger partial charge in [0.15, 0.2) is 5.13 Å². The van der Waals surface area contributed by atoms with Gasteiger partial charge in [0.1, 0.15) is 16.4 Å². The highest BCUT2D eigenvalue weighted by Crippen LogP contribution is 2.27. The van der Waals surface area contributed by atoms with Crippen molar-refractivity contribution in [3.63, 3.8) is 0 Å². The average Bonchev–Trinajstić information content (AvgIpc) is 3.07. The summed E-state index contributed by atoms with van der Waals surface area (Å²) in [4.78, 5) is 17.7. The van der Waals surface area contributed by atoms with E-state index in [1.54, 1.807) is 20.3 Å². The molecule has 6 nitrogen and oxygen atoms in total. The van der Waals surface area contributed by atoms with Crippen LogP contribution in [0.1, 0.15) is 20.9 Å². The van der Waals surface area contributed by atoms with Gasteiger partial charge >= 0.3 is 0 Å². The molecule has 2 aromatic carbocycles. The summed E-state index contributed by atoms with van der Waals surface area (Å²) in [5.74, 6) is 1.19. The number of anilines is 2. The van der Waals surface area contributed by atoms with Crippen LogP contribution >= 0.6 is 27.3 Å². The second kappa shape index (κ2) is 9.07. The Kier molecular flexibility index (Phi) is 6.53. The number of thiazole rings is 1. The smallest absolute Gasteiger partial charge is 0.263 e. The number of halogens is 1. The molecular formula is C20H20BrN3O3S. The lowest BCUT2D eigenvalue weighted by Gasteiger charge is -2.09. The van der Waals surface area contributed by atoms with E-state index < -0.39 is 0 Å². The third-order valence-electron chi connectivity index (χ3n) is 3.96. The minimum Gasteiger partial charge on any atom is -0.497 e. The molecule has 1 aromatic heterocycles. The predicted octanol–water partition coefficient (Wildman–Crippen LogP) is 4.90. The number of ether oxygens (including phenoxy) is 2. The number of methoxy groups -OCH3 is 2. The number of aryl methyl sites for hydroxylation is 1. The van der Waals surface area contributed by atoms with Crippen LogP contribution in [0.25, 0.3) is 0 Å². The lowest BCUT2D eigenvalue weighted by atomic mass is 10.2. The van der Waals surface area contributed by atoms with Crippen LogP contribution in [0.5, 0.6) is 11.5 Å². The van der Waals surface area contributed by atoms with E-state index in [1.807, 2.05) is 43.3 Å². The van der Waals surface area contributed by atoms with Gasteiger partial charge in [-0.05, 0) is 48.9 Å². The van der Waals surface area contributed by atoms with Crippen molar-refractivity contribution in [2.45, 2.75) is 13.5 Å². The van der Waals surface area contributed by atoms with Gasteiger partial charge in [0.2, 0.25) is 0 Å². The summed E-state index contributed by atoms with van der Waals surface area (Å²) in [7, 11) is 3.19. The lowest BCUT2D eigenvalue weighted by Crippen LogP contribution is -2.22. The third kappa shape index (κ3) is 5.02. The highest BCUT2D eigenvalue weighted by atomic mass is 79.9. The van der Waals surface area contributed by atoms with Crippen molar-refractivity contribution in [1.29, 1.82) is 0 Å². The summed E-state index contributed by atoms with van der Waals surface area (Å²) < 4.78 is 11.5. The molecule has 0 aliphatic heterocycles. The number of nitrogens with one attached hydrogen (secondary N) is 2. The molecule has 0 radical (unpaired) electrons.